The van der Waals surface area contributed by atoms with Gasteiger partial charge >= 0.3 is 0 Å². The average molecular weight is 250 g/mol. The van der Waals surface area contributed by atoms with Gasteiger partial charge in [0.2, 0.25) is 0 Å². The fourth-order valence-electron chi connectivity index (χ4n) is 2.38. The molecule has 0 aromatic carbocycles. The van der Waals surface area contributed by atoms with Crippen molar-refractivity contribution in [3.05, 3.63) is 34.7 Å². The number of aromatic nitrogens is 1. The van der Waals surface area contributed by atoms with Crippen molar-refractivity contribution in [2.45, 2.75) is 38.3 Å². The Hall–Kier alpha value is -1.13. The molecule has 1 aromatic heterocycles. The Kier molecular flexibility index (Phi) is 4.96. The normalized spacial score (nSPS) is 15.9. The molecule has 1 heterocycles. The Balaban J connectivity index is 1.88. The minimum atomic E-state index is 0.0632. The van der Waals surface area contributed by atoms with Crippen molar-refractivity contribution in [2.24, 2.45) is 0 Å². The molecule has 100 valence electrons. The van der Waals surface area contributed by atoms with Gasteiger partial charge in [0.15, 0.2) is 0 Å². The molecule has 1 fully saturated rings. The van der Waals surface area contributed by atoms with E-state index in [1.807, 2.05) is 12.3 Å². The van der Waals surface area contributed by atoms with E-state index in [1.165, 1.54) is 19.3 Å². The summed E-state index contributed by atoms with van der Waals surface area (Å²) in [6.07, 6.45) is 6.49. The zero-order chi connectivity index (χ0) is 12.8. The van der Waals surface area contributed by atoms with Gasteiger partial charge in [-0.1, -0.05) is 12.5 Å². The molecule has 0 aliphatic heterocycles. The summed E-state index contributed by atoms with van der Waals surface area (Å²) in [6.45, 7) is 2.81. The molecule has 1 saturated carbocycles. The smallest absolute Gasteiger partial charge is 0.250 e. The lowest BCUT2D eigenvalue weighted by atomic mass is 9.91. The molecule has 0 bridgehead atoms. The third-order valence-corrected chi connectivity index (χ3v) is 3.72. The lowest BCUT2D eigenvalue weighted by Crippen LogP contribution is -2.43. The Bertz CT molecular complexity index is 412. The zero-order valence-corrected chi connectivity index (χ0v) is 10.8. The molecule has 0 spiro atoms. The second-order valence-corrected chi connectivity index (χ2v) is 4.93. The van der Waals surface area contributed by atoms with E-state index in [9.17, 15) is 4.79 Å². The molecule has 1 aliphatic carbocycles. The van der Waals surface area contributed by atoms with Gasteiger partial charge in [-0.05, 0) is 25.3 Å². The maximum atomic E-state index is 11.6. The van der Waals surface area contributed by atoms with Crippen LogP contribution >= 0.6 is 0 Å². The summed E-state index contributed by atoms with van der Waals surface area (Å²) in [7, 11) is 0. The minimum absolute atomic E-state index is 0.0632. The highest BCUT2D eigenvalue weighted by Crippen LogP contribution is 2.24. The second kappa shape index (κ2) is 6.71. The van der Waals surface area contributed by atoms with E-state index in [0.717, 1.165) is 26.1 Å². The van der Waals surface area contributed by atoms with Crippen molar-refractivity contribution in [3.8, 4) is 0 Å². The molecule has 2 rings (SSSR count). The number of rotatable bonds is 7. The van der Waals surface area contributed by atoms with E-state index in [2.05, 4.69) is 4.90 Å². The highest BCUT2D eigenvalue weighted by atomic mass is 16.3. The van der Waals surface area contributed by atoms with Crippen molar-refractivity contribution in [2.75, 3.05) is 19.7 Å². The summed E-state index contributed by atoms with van der Waals surface area (Å²) in [6, 6.07) is 5.93. The zero-order valence-electron chi connectivity index (χ0n) is 10.8. The fraction of sp³-hybridized carbons (Fsp3) is 0.643. The summed E-state index contributed by atoms with van der Waals surface area (Å²) >= 11 is 0. The molecule has 1 N–H and O–H groups in total. The van der Waals surface area contributed by atoms with Gasteiger partial charge in [-0.25, -0.2) is 0 Å². The van der Waals surface area contributed by atoms with Crippen LogP contribution in [0.3, 0.4) is 0 Å². The number of hydrogen-bond donors (Lipinski definition) is 1. The Morgan fingerprint density at radius 1 is 1.33 bits per heavy atom. The van der Waals surface area contributed by atoms with Crippen molar-refractivity contribution in [3.63, 3.8) is 0 Å². The average Bonchev–Trinajstić information content (AvgIpc) is 2.32. The van der Waals surface area contributed by atoms with Crippen molar-refractivity contribution in [1.82, 2.24) is 9.47 Å². The van der Waals surface area contributed by atoms with Crippen LogP contribution in [0.25, 0.3) is 0 Å². The van der Waals surface area contributed by atoms with Crippen LogP contribution < -0.4 is 5.56 Å². The number of pyridine rings is 1. The topological polar surface area (TPSA) is 45.5 Å². The first-order chi connectivity index (χ1) is 8.81. The van der Waals surface area contributed by atoms with Crippen LogP contribution in [-0.2, 0) is 6.54 Å². The van der Waals surface area contributed by atoms with E-state index in [1.54, 1.807) is 16.7 Å². The summed E-state index contributed by atoms with van der Waals surface area (Å²) in [5.41, 5.74) is 0.0632. The van der Waals surface area contributed by atoms with Gasteiger partial charge in [0, 0.05) is 44.5 Å². The van der Waals surface area contributed by atoms with Gasteiger partial charge in [-0.15, -0.1) is 0 Å². The van der Waals surface area contributed by atoms with Gasteiger partial charge in [0.1, 0.15) is 0 Å². The third kappa shape index (κ3) is 3.43. The van der Waals surface area contributed by atoms with Crippen LogP contribution in [0.4, 0.5) is 0 Å². The van der Waals surface area contributed by atoms with Crippen LogP contribution in [0.1, 0.15) is 25.7 Å². The van der Waals surface area contributed by atoms with Crippen molar-refractivity contribution < 1.29 is 5.11 Å². The van der Waals surface area contributed by atoms with Gasteiger partial charge in [0.25, 0.3) is 5.56 Å². The molecule has 0 unspecified atom stereocenters. The fourth-order valence-corrected chi connectivity index (χ4v) is 2.38. The molecular weight excluding hydrogens is 228 g/mol. The number of hydrogen-bond acceptors (Lipinski definition) is 3. The van der Waals surface area contributed by atoms with E-state index < -0.39 is 0 Å². The van der Waals surface area contributed by atoms with Crippen LogP contribution in [0.2, 0.25) is 0 Å². The van der Waals surface area contributed by atoms with Crippen LogP contribution in [0, 0.1) is 0 Å². The van der Waals surface area contributed by atoms with Crippen LogP contribution in [-0.4, -0.2) is 40.3 Å². The van der Waals surface area contributed by atoms with Gasteiger partial charge in [0.05, 0.1) is 0 Å². The van der Waals surface area contributed by atoms with Gasteiger partial charge in [-0.2, -0.15) is 0 Å². The summed E-state index contributed by atoms with van der Waals surface area (Å²) < 4.78 is 1.75. The molecule has 0 radical (unpaired) electrons. The van der Waals surface area contributed by atoms with E-state index in [0.29, 0.717) is 6.04 Å². The highest BCUT2D eigenvalue weighted by Gasteiger charge is 2.24. The molecule has 18 heavy (non-hydrogen) atoms. The predicted molar refractivity (Wildman–Crippen MR) is 71.6 cm³/mol. The summed E-state index contributed by atoms with van der Waals surface area (Å²) in [4.78, 5) is 14.0. The standard InChI is InChI=1S/C14H22N2O2/c17-12-4-9-15(13-5-3-6-13)10-11-16-8-2-1-7-14(16)18/h1-2,7-8,13,17H,3-6,9-12H2. The highest BCUT2D eigenvalue weighted by molar-refractivity contribution is 4.93. The summed E-state index contributed by atoms with van der Waals surface area (Å²) in [5, 5.41) is 8.94. The number of aliphatic hydroxyl groups excluding tert-OH is 1. The maximum Gasteiger partial charge on any atom is 0.250 e. The van der Waals surface area contributed by atoms with E-state index in [-0.39, 0.29) is 12.2 Å². The van der Waals surface area contributed by atoms with Gasteiger partial charge < -0.3 is 9.67 Å². The minimum Gasteiger partial charge on any atom is -0.396 e. The first kappa shape index (κ1) is 13.3. The quantitative estimate of drug-likeness (QED) is 0.788. The van der Waals surface area contributed by atoms with Crippen LogP contribution in [0.5, 0.6) is 0 Å². The molecule has 1 aliphatic rings. The Morgan fingerprint density at radius 2 is 2.17 bits per heavy atom. The molecule has 1 aromatic rings. The monoisotopic (exact) mass is 250 g/mol. The van der Waals surface area contributed by atoms with Gasteiger partial charge in [-0.3, -0.25) is 9.69 Å². The van der Waals surface area contributed by atoms with Crippen molar-refractivity contribution >= 4 is 0 Å². The molecule has 0 saturated heterocycles. The molecular formula is C14H22N2O2. The Morgan fingerprint density at radius 3 is 2.78 bits per heavy atom. The van der Waals surface area contributed by atoms with Crippen LogP contribution in [0.15, 0.2) is 29.2 Å². The predicted octanol–water partition coefficient (Wildman–Crippen LogP) is 1.09. The third-order valence-electron chi connectivity index (χ3n) is 3.72. The number of aliphatic hydroxyl groups is 1. The number of nitrogens with zero attached hydrogens (tertiary/aromatic N) is 2. The lowest BCUT2D eigenvalue weighted by molar-refractivity contribution is 0.112. The lowest BCUT2D eigenvalue weighted by Gasteiger charge is -2.37. The molecule has 0 atom stereocenters. The second-order valence-electron chi connectivity index (χ2n) is 4.93. The van der Waals surface area contributed by atoms with Crippen molar-refractivity contribution in [1.29, 1.82) is 0 Å². The largest absolute Gasteiger partial charge is 0.396 e. The molecule has 0 amide bonds. The SMILES string of the molecule is O=c1ccccn1CCN(CCCO)C1CCC1. The first-order valence-electron chi connectivity index (χ1n) is 6.81. The molecule has 4 heteroatoms. The first-order valence-corrected chi connectivity index (χ1v) is 6.81. The Labute approximate surface area is 108 Å². The van der Waals surface area contributed by atoms with E-state index >= 15 is 0 Å². The van der Waals surface area contributed by atoms with E-state index in [4.69, 9.17) is 5.11 Å². The summed E-state index contributed by atoms with van der Waals surface area (Å²) in [5.74, 6) is 0. The molecule has 4 nitrogen and oxygen atoms in total. The maximum absolute atomic E-state index is 11.6.